The number of nitrogens with zero attached hydrogens (tertiary/aromatic N) is 2. The first-order valence-corrected chi connectivity index (χ1v) is 9.15. The van der Waals surface area contributed by atoms with Gasteiger partial charge in [-0.2, -0.15) is 5.26 Å². The lowest BCUT2D eigenvalue weighted by atomic mass is 9.98. The summed E-state index contributed by atoms with van der Waals surface area (Å²) in [5, 5.41) is 8.65. The molecule has 1 aromatic rings. The van der Waals surface area contributed by atoms with E-state index in [0.717, 1.165) is 38.0 Å². The minimum atomic E-state index is -3.43. The molecule has 0 spiro atoms. The molecule has 0 bridgehead atoms. The lowest BCUT2D eigenvalue weighted by Gasteiger charge is -2.32. The number of hydrogen-bond acceptors (Lipinski definition) is 4. The maximum absolute atomic E-state index is 12.3. The van der Waals surface area contributed by atoms with Gasteiger partial charge in [-0.1, -0.05) is 17.7 Å². The Balaban J connectivity index is 1.89. The minimum Gasteiger partial charge on any atom is -0.302 e. The Labute approximate surface area is 133 Å². The van der Waals surface area contributed by atoms with Gasteiger partial charge in [-0.3, -0.25) is 0 Å². The number of nitrogens with one attached hydrogen (secondary N) is 1. The molecule has 1 fully saturated rings. The summed E-state index contributed by atoms with van der Waals surface area (Å²) in [5.41, 5.74) is 1.04. The van der Waals surface area contributed by atoms with Crippen LogP contribution in [0.2, 0.25) is 0 Å². The number of aryl methyl sites for hydroxylation is 1. The quantitative estimate of drug-likeness (QED) is 0.868. The molecule has 1 aromatic carbocycles. The van der Waals surface area contributed by atoms with Crippen LogP contribution >= 0.6 is 0 Å². The molecule has 2 rings (SSSR count). The normalized spacial score (nSPS) is 19.7. The fourth-order valence-corrected chi connectivity index (χ4v) is 3.87. The van der Waals surface area contributed by atoms with Crippen molar-refractivity contribution in [2.45, 2.75) is 31.1 Å². The highest BCUT2D eigenvalue weighted by atomic mass is 32.2. The van der Waals surface area contributed by atoms with E-state index in [1.165, 1.54) is 0 Å². The van der Waals surface area contributed by atoms with Crippen molar-refractivity contribution in [2.24, 2.45) is 5.92 Å². The summed E-state index contributed by atoms with van der Waals surface area (Å²) in [6.07, 6.45) is 2.61. The van der Waals surface area contributed by atoms with Crippen molar-refractivity contribution < 1.29 is 8.42 Å². The fraction of sp³-hybridized carbons (Fsp3) is 0.562. The summed E-state index contributed by atoms with van der Waals surface area (Å²) >= 11 is 0. The van der Waals surface area contributed by atoms with Gasteiger partial charge < -0.3 is 4.90 Å². The number of likely N-dealkylation sites (tertiary alicyclic amines) is 1. The van der Waals surface area contributed by atoms with Gasteiger partial charge in [-0.25, -0.2) is 13.1 Å². The molecular weight excluding hydrogens is 298 g/mol. The molecule has 1 atom stereocenters. The molecular formula is C16H23N3O2S. The van der Waals surface area contributed by atoms with Crippen molar-refractivity contribution in [1.82, 2.24) is 9.62 Å². The standard InChI is InChI=1S/C16H23N3O2S/c1-14-5-7-16(8-6-14)22(20,21)18-12-15-4-2-10-19(13-15)11-3-9-17/h5-8,15,18H,2-4,10-13H2,1H3/t15-/m0/s1. The molecule has 1 aliphatic rings. The third-order valence-electron chi connectivity index (χ3n) is 4.04. The number of hydrogen-bond donors (Lipinski definition) is 1. The van der Waals surface area contributed by atoms with Crippen molar-refractivity contribution in [1.29, 1.82) is 5.26 Å². The van der Waals surface area contributed by atoms with Gasteiger partial charge in [0.25, 0.3) is 0 Å². The Morgan fingerprint density at radius 3 is 2.77 bits per heavy atom. The molecule has 0 amide bonds. The second-order valence-electron chi connectivity index (χ2n) is 5.88. The van der Waals surface area contributed by atoms with Gasteiger partial charge in [0, 0.05) is 26.1 Å². The van der Waals surface area contributed by atoms with Crippen LogP contribution in [0.25, 0.3) is 0 Å². The van der Waals surface area contributed by atoms with E-state index in [1.54, 1.807) is 24.3 Å². The van der Waals surface area contributed by atoms with E-state index < -0.39 is 10.0 Å². The van der Waals surface area contributed by atoms with Crippen molar-refractivity contribution in [2.75, 3.05) is 26.2 Å². The van der Waals surface area contributed by atoms with E-state index in [4.69, 9.17) is 5.26 Å². The van der Waals surface area contributed by atoms with Crippen LogP contribution < -0.4 is 4.72 Å². The molecule has 1 aliphatic heterocycles. The minimum absolute atomic E-state index is 0.313. The van der Waals surface area contributed by atoms with Crippen LogP contribution in [0.5, 0.6) is 0 Å². The molecule has 0 unspecified atom stereocenters. The van der Waals surface area contributed by atoms with Crippen molar-refractivity contribution in [3.63, 3.8) is 0 Å². The van der Waals surface area contributed by atoms with Crippen LogP contribution in [0.15, 0.2) is 29.2 Å². The van der Waals surface area contributed by atoms with Gasteiger partial charge in [0.05, 0.1) is 11.0 Å². The molecule has 0 radical (unpaired) electrons. The SMILES string of the molecule is Cc1ccc(S(=O)(=O)NC[C@@H]2CCCN(CCC#N)C2)cc1. The zero-order valence-electron chi connectivity index (χ0n) is 13.0. The van der Waals surface area contributed by atoms with Crippen LogP contribution in [0.4, 0.5) is 0 Å². The van der Waals surface area contributed by atoms with Crippen LogP contribution in [-0.4, -0.2) is 39.5 Å². The number of benzene rings is 1. The first-order valence-electron chi connectivity index (χ1n) is 7.67. The molecule has 1 heterocycles. The zero-order chi connectivity index (χ0) is 16.0. The summed E-state index contributed by atoms with van der Waals surface area (Å²) in [6, 6.07) is 9.04. The lowest BCUT2D eigenvalue weighted by Crippen LogP contribution is -2.41. The van der Waals surface area contributed by atoms with E-state index in [0.29, 0.717) is 23.8 Å². The first kappa shape index (κ1) is 16.9. The van der Waals surface area contributed by atoms with Crippen LogP contribution in [0.3, 0.4) is 0 Å². The summed E-state index contributed by atoms with van der Waals surface area (Å²) in [4.78, 5) is 2.56. The van der Waals surface area contributed by atoms with E-state index in [1.807, 2.05) is 6.92 Å². The highest BCUT2D eigenvalue weighted by Gasteiger charge is 2.22. The average molecular weight is 321 g/mol. The maximum atomic E-state index is 12.3. The number of sulfonamides is 1. The molecule has 22 heavy (non-hydrogen) atoms. The van der Waals surface area contributed by atoms with Crippen LogP contribution in [0.1, 0.15) is 24.8 Å². The molecule has 0 aliphatic carbocycles. The second-order valence-corrected chi connectivity index (χ2v) is 7.65. The van der Waals surface area contributed by atoms with Crippen LogP contribution in [-0.2, 0) is 10.0 Å². The van der Waals surface area contributed by atoms with E-state index in [9.17, 15) is 8.42 Å². The highest BCUT2D eigenvalue weighted by molar-refractivity contribution is 7.89. The summed E-state index contributed by atoms with van der Waals surface area (Å²) in [7, 11) is -3.43. The van der Waals surface area contributed by atoms with Crippen molar-refractivity contribution in [3.8, 4) is 6.07 Å². The van der Waals surface area contributed by atoms with Crippen molar-refractivity contribution in [3.05, 3.63) is 29.8 Å². The summed E-state index contributed by atoms with van der Waals surface area (Å²) < 4.78 is 27.3. The molecule has 120 valence electrons. The monoisotopic (exact) mass is 321 g/mol. The first-order chi connectivity index (χ1) is 10.5. The average Bonchev–Trinajstić information content (AvgIpc) is 2.52. The smallest absolute Gasteiger partial charge is 0.240 e. The van der Waals surface area contributed by atoms with Crippen molar-refractivity contribution >= 4 is 10.0 Å². The highest BCUT2D eigenvalue weighted by Crippen LogP contribution is 2.17. The third-order valence-corrected chi connectivity index (χ3v) is 5.48. The Bertz CT molecular complexity index is 620. The van der Waals surface area contributed by atoms with E-state index >= 15 is 0 Å². The van der Waals surface area contributed by atoms with Gasteiger partial charge >= 0.3 is 0 Å². The molecule has 0 aromatic heterocycles. The Hall–Kier alpha value is -1.42. The Kier molecular flexibility index (Phi) is 5.95. The summed E-state index contributed by atoms with van der Waals surface area (Å²) in [5.74, 6) is 0.313. The molecule has 1 saturated heterocycles. The fourth-order valence-electron chi connectivity index (χ4n) is 2.76. The van der Waals surface area contributed by atoms with E-state index in [2.05, 4.69) is 15.7 Å². The summed E-state index contributed by atoms with van der Waals surface area (Å²) in [6.45, 7) is 5.03. The second kappa shape index (κ2) is 7.73. The number of piperidine rings is 1. The maximum Gasteiger partial charge on any atom is 0.240 e. The zero-order valence-corrected chi connectivity index (χ0v) is 13.8. The molecule has 1 N–H and O–H groups in total. The topological polar surface area (TPSA) is 73.2 Å². The van der Waals surface area contributed by atoms with Gasteiger partial charge in [0.2, 0.25) is 10.0 Å². The molecule has 0 saturated carbocycles. The van der Waals surface area contributed by atoms with Crippen LogP contribution in [0, 0.1) is 24.2 Å². The molecule has 6 heteroatoms. The predicted molar refractivity (Wildman–Crippen MR) is 85.8 cm³/mol. The Morgan fingerprint density at radius 1 is 1.36 bits per heavy atom. The van der Waals surface area contributed by atoms with Gasteiger partial charge in [-0.05, 0) is 44.4 Å². The largest absolute Gasteiger partial charge is 0.302 e. The predicted octanol–water partition coefficient (Wildman–Crippen LogP) is 1.90. The Morgan fingerprint density at radius 2 is 2.09 bits per heavy atom. The number of nitriles is 1. The van der Waals surface area contributed by atoms with Gasteiger partial charge in [0.15, 0.2) is 0 Å². The molecule has 5 nitrogen and oxygen atoms in total. The van der Waals surface area contributed by atoms with Gasteiger partial charge in [-0.15, -0.1) is 0 Å². The third kappa shape index (κ3) is 4.80. The number of rotatable bonds is 6. The van der Waals surface area contributed by atoms with E-state index in [-0.39, 0.29) is 0 Å². The lowest BCUT2D eigenvalue weighted by molar-refractivity contribution is 0.179. The van der Waals surface area contributed by atoms with Gasteiger partial charge in [0.1, 0.15) is 0 Å².